The zero-order chi connectivity index (χ0) is 5.70. The summed E-state index contributed by atoms with van der Waals surface area (Å²) < 4.78 is 4.12. The van der Waals surface area contributed by atoms with E-state index in [0.29, 0.717) is 0 Å². The minimum atomic E-state index is -0.897. The Bertz CT molecular complexity index is 66.0. The van der Waals surface area contributed by atoms with Crippen molar-refractivity contribution < 1.29 is 33.4 Å². The van der Waals surface area contributed by atoms with E-state index in [4.69, 9.17) is 8.91 Å². The second kappa shape index (κ2) is 4.61. The van der Waals surface area contributed by atoms with Crippen molar-refractivity contribution in [2.75, 3.05) is 0 Å². The summed E-state index contributed by atoms with van der Waals surface area (Å²) in [4.78, 5) is 13.8. The Morgan fingerprint density at radius 2 is 2.43 bits per heavy atom. The Hall–Kier alpha value is 0.450. The Morgan fingerprint density at radius 3 is 2.57 bits per heavy atom. The molecule has 0 aromatic rings. The molecule has 44 valence electrons. The molecule has 0 N–H and O–H groups in total. The van der Waals surface area contributed by atoms with Gasteiger partial charge in [0.25, 0.3) is 0 Å². The minimum absolute atomic E-state index is 0.472. The number of halogens is 2. The molecule has 5 heteroatoms. The van der Waals surface area contributed by atoms with Gasteiger partial charge in [-0.3, -0.25) is 0 Å². The monoisotopic (exact) mass is 237 g/mol. The van der Waals surface area contributed by atoms with Crippen molar-refractivity contribution >= 4 is 14.9 Å². The predicted molar refractivity (Wildman–Crippen MR) is 18.7 cm³/mol. The molecule has 0 saturated heterocycles. The zero-order valence-corrected chi connectivity index (χ0v) is 6.39. The molecule has 0 saturated carbocycles. The Labute approximate surface area is 55.4 Å². The number of hydrogen-bond acceptors (Lipinski definition) is 3. The summed E-state index contributed by atoms with van der Waals surface area (Å²) in [6.45, 7) is 1.25. The number of carbonyl (C=O) groups excluding carboxylic acids is 1. The van der Waals surface area contributed by atoms with E-state index < -0.39 is 26.5 Å². The van der Waals surface area contributed by atoms with E-state index in [2.05, 4.69) is 8.10 Å². The summed E-state index contributed by atoms with van der Waals surface area (Å²) >= 11 is -0.897. The summed E-state index contributed by atoms with van der Waals surface area (Å²) in [5.41, 5.74) is 0. The average Bonchev–Trinajstić information content (AvgIpc) is 1.61. The van der Waals surface area contributed by atoms with Crippen LogP contribution in [0.4, 0.5) is 0 Å². The van der Waals surface area contributed by atoms with Gasteiger partial charge >= 0.3 is 55.2 Å². The Balaban J connectivity index is 2.82. The first-order chi connectivity index (χ1) is 3.27. The summed E-state index contributed by atoms with van der Waals surface area (Å²) in [6.07, 6.45) is 0. The van der Waals surface area contributed by atoms with Crippen molar-refractivity contribution in [1.29, 1.82) is 0 Å². The van der Waals surface area contributed by atoms with Crippen LogP contribution in [0, 0.1) is 0 Å². The molecular formula is C2H3ClIO3-. The molecule has 0 rings (SSSR count). The molecule has 0 aromatic carbocycles. The SMILES string of the molecule is CC(=O)OO[I-]Cl. The van der Waals surface area contributed by atoms with Gasteiger partial charge in [-0.05, 0) is 0 Å². The van der Waals surface area contributed by atoms with E-state index in [0.717, 1.165) is 0 Å². The Morgan fingerprint density at radius 1 is 1.86 bits per heavy atom. The van der Waals surface area contributed by atoms with Gasteiger partial charge in [-0.1, -0.05) is 0 Å². The van der Waals surface area contributed by atoms with Crippen LogP contribution in [0.3, 0.4) is 0 Å². The van der Waals surface area contributed by atoms with Crippen LogP contribution in [0.15, 0.2) is 0 Å². The summed E-state index contributed by atoms with van der Waals surface area (Å²) in [5, 5.41) is 0. The molecule has 0 aliphatic carbocycles. The van der Waals surface area contributed by atoms with Gasteiger partial charge < -0.3 is 0 Å². The molecule has 0 atom stereocenters. The fraction of sp³-hybridized carbons (Fsp3) is 0.500. The van der Waals surface area contributed by atoms with Crippen LogP contribution in [0.25, 0.3) is 0 Å². The fourth-order valence-electron chi connectivity index (χ4n) is 0.0563. The fourth-order valence-corrected chi connectivity index (χ4v) is 0.537. The molecule has 0 radical (unpaired) electrons. The third-order valence-corrected chi connectivity index (χ3v) is 0.808. The third-order valence-electron chi connectivity index (χ3n) is 0.173. The van der Waals surface area contributed by atoms with Crippen LogP contribution in [0.5, 0.6) is 0 Å². The maximum atomic E-state index is 9.81. The number of rotatable bonds is 2. The molecule has 0 aliphatic heterocycles. The van der Waals surface area contributed by atoms with E-state index in [1.807, 2.05) is 0 Å². The maximum absolute atomic E-state index is 9.81. The van der Waals surface area contributed by atoms with Crippen LogP contribution in [-0.2, 0) is 12.9 Å². The second-order valence-electron chi connectivity index (χ2n) is 0.696. The van der Waals surface area contributed by atoms with Crippen LogP contribution < -0.4 is 20.5 Å². The van der Waals surface area contributed by atoms with Crippen LogP contribution >= 0.6 is 8.91 Å². The first kappa shape index (κ1) is 7.45. The first-order valence-corrected chi connectivity index (χ1v) is 4.98. The van der Waals surface area contributed by atoms with Crippen molar-refractivity contribution in [2.45, 2.75) is 6.92 Å². The van der Waals surface area contributed by atoms with E-state index in [1.165, 1.54) is 6.92 Å². The number of hydrogen-bond donors (Lipinski definition) is 0. The molecule has 0 aliphatic rings. The van der Waals surface area contributed by atoms with E-state index in [-0.39, 0.29) is 0 Å². The van der Waals surface area contributed by atoms with Gasteiger partial charge in [0.05, 0.1) is 0 Å². The van der Waals surface area contributed by atoms with Gasteiger partial charge in [0.2, 0.25) is 0 Å². The standard InChI is InChI=1S/C2H3ClIO3/c1-2(5)6-7-4-3/h1H3/q-1. The molecule has 0 amide bonds. The average molecular weight is 237 g/mol. The molecule has 7 heavy (non-hydrogen) atoms. The van der Waals surface area contributed by atoms with Gasteiger partial charge in [0, 0.05) is 0 Å². The Kier molecular flexibility index (Phi) is 4.90. The van der Waals surface area contributed by atoms with Gasteiger partial charge in [-0.15, -0.1) is 0 Å². The van der Waals surface area contributed by atoms with Crippen molar-refractivity contribution in [1.82, 2.24) is 0 Å². The quantitative estimate of drug-likeness (QED) is 0.306. The predicted octanol–water partition coefficient (Wildman–Crippen LogP) is -2.36. The van der Waals surface area contributed by atoms with E-state index in [9.17, 15) is 4.79 Å². The first-order valence-electron chi connectivity index (χ1n) is 1.37. The normalized spacial score (nSPS) is 8.86. The molecule has 0 heterocycles. The summed E-state index contributed by atoms with van der Waals surface area (Å²) in [6, 6.07) is 0. The third kappa shape index (κ3) is 6.45. The molecule has 0 fully saturated rings. The van der Waals surface area contributed by atoms with Gasteiger partial charge in [-0.2, -0.15) is 0 Å². The molecule has 0 aromatic heterocycles. The summed E-state index contributed by atoms with van der Waals surface area (Å²) in [5.74, 6) is -0.472. The van der Waals surface area contributed by atoms with Crippen LogP contribution in [0.1, 0.15) is 6.92 Å². The number of carbonyl (C=O) groups is 1. The topological polar surface area (TPSA) is 35.5 Å². The van der Waals surface area contributed by atoms with Gasteiger partial charge in [-0.25, -0.2) is 0 Å². The van der Waals surface area contributed by atoms with E-state index >= 15 is 0 Å². The molecule has 3 nitrogen and oxygen atoms in total. The van der Waals surface area contributed by atoms with Crippen molar-refractivity contribution in [3.05, 3.63) is 0 Å². The van der Waals surface area contributed by atoms with Gasteiger partial charge in [0.1, 0.15) is 0 Å². The molecule has 0 spiro atoms. The zero-order valence-electron chi connectivity index (χ0n) is 3.48. The van der Waals surface area contributed by atoms with Gasteiger partial charge in [0.15, 0.2) is 0 Å². The second-order valence-corrected chi connectivity index (χ2v) is 2.17. The molecule has 0 unspecified atom stereocenters. The molecular weight excluding hydrogens is 234 g/mol. The van der Waals surface area contributed by atoms with Crippen molar-refractivity contribution in [3.63, 3.8) is 0 Å². The van der Waals surface area contributed by atoms with Crippen molar-refractivity contribution in [3.8, 4) is 0 Å². The van der Waals surface area contributed by atoms with Crippen LogP contribution in [0.2, 0.25) is 0 Å². The van der Waals surface area contributed by atoms with Crippen LogP contribution in [-0.4, -0.2) is 5.97 Å². The molecule has 0 bridgehead atoms. The summed E-state index contributed by atoms with van der Waals surface area (Å²) in [7, 11) is 5.06. The van der Waals surface area contributed by atoms with E-state index in [1.54, 1.807) is 0 Å². The van der Waals surface area contributed by atoms with Crippen molar-refractivity contribution in [2.24, 2.45) is 0 Å².